The van der Waals surface area contributed by atoms with Gasteiger partial charge in [-0.05, 0) is 18.6 Å². The third kappa shape index (κ3) is 2.18. The van der Waals surface area contributed by atoms with Gasteiger partial charge in [0.15, 0.2) is 5.65 Å². The number of rotatable bonds is 3. The van der Waals surface area contributed by atoms with Gasteiger partial charge < -0.3 is 10.5 Å². The number of imidazole rings is 1. The zero-order valence-electron chi connectivity index (χ0n) is 11.5. The second kappa shape index (κ2) is 4.85. The zero-order chi connectivity index (χ0) is 14.1. The van der Waals surface area contributed by atoms with Crippen molar-refractivity contribution in [3.8, 4) is 5.88 Å². The van der Waals surface area contributed by atoms with Gasteiger partial charge in [0.05, 0.1) is 13.7 Å². The number of aromatic nitrogens is 3. The summed E-state index contributed by atoms with van der Waals surface area (Å²) in [5.74, 6) is 1.02. The van der Waals surface area contributed by atoms with E-state index in [1.165, 1.54) is 5.56 Å². The molecule has 5 heteroatoms. The maximum atomic E-state index is 5.99. The van der Waals surface area contributed by atoms with Crippen molar-refractivity contribution in [1.82, 2.24) is 14.5 Å². The van der Waals surface area contributed by atoms with Crippen LogP contribution in [0.1, 0.15) is 11.1 Å². The number of anilines is 1. The van der Waals surface area contributed by atoms with E-state index >= 15 is 0 Å². The molecule has 2 heterocycles. The number of benzene rings is 1. The van der Waals surface area contributed by atoms with Crippen molar-refractivity contribution in [1.29, 1.82) is 0 Å². The second-order valence-corrected chi connectivity index (χ2v) is 4.74. The molecule has 0 atom stereocenters. The van der Waals surface area contributed by atoms with Crippen molar-refractivity contribution < 1.29 is 4.74 Å². The van der Waals surface area contributed by atoms with Gasteiger partial charge in [0.1, 0.15) is 5.52 Å². The molecule has 3 aromatic rings. The monoisotopic (exact) mass is 268 g/mol. The SMILES string of the molecule is COc1ccc2nc(N)n(Cc3ccc(C)cc3)c2n1. The molecule has 0 aliphatic rings. The standard InChI is InChI=1S/C15H16N4O/c1-10-3-5-11(6-4-10)9-19-14-12(17-15(19)16)7-8-13(18-14)20-2/h3-8H,9H2,1-2H3,(H2,16,17). The molecule has 0 saturated carbocycles. The molecule has 20 heavy (non-hydrogen) atoms. The van der Waals surface area contributed by atoms with Crippen molar-refractivity contribution in [3.63, 3.8) is 0 Å². The Labute approximate surface area is 117 Å². The van der Waals surface area contributed by atoms with Crippen LogP contribution in [0.2, 0.25) is 0 Å². The van der Waals surface area contributed by atoms with Gasteiger partial charge in [-0.2, -0.15) is 4.98 Å². The smallest absolute Gasteiger partial charge is 0.215 e. The highest BCUT2D eigenvalue weighted by molar-refractivity contribution is 5.75. The minimum absolute atomic E-state index is 0.460. The van der Waals surface area contributed by atoms with Crippen LogP contribution in [0.5, 0.6) is 5.88 Å². The van der Waals surface area contributed by atoms with Gasteiger partial charge in [-0.15, -0.1) is 0 Å². The zero-order valence-corrected chi connectivity index (χ0v) is 11.5. The van der Waals surface area contributed by atoms with E-state index in [4.69, 9.17) is 10.5 Å². The molecule has 0 aliphatic carbocycles. The third-order valence-electron chi connectivity index (χ3n) is 3.27. The molecule has 2 N–H and O–H groups in total. The molecule has 0 amide bonds. The van der Waals surface area contributed by atoms with Gasteiger partial charge in [-0.3, -0.25) is 4.57 Å². The van der Waals surface area contributed by atoms with Crippen LogP contribution >= 0.6 is 0 Å². The van der Waals surface area contributed by atoms with Crippen molar-refractivity contribution in [2.45, 2.75) is 13.5 Å². The first-order chi connectivity index (χ1) is 9.67. The summed E-state index contributed by atoms with van der Waals surface area (Å²) in [6.07, 6.45) is 0. The fourth-order valence-corrected chi connectivity index (χ4v) is 2.15. The van der Waals surface area contributed by atoms with Crippen LogP contribution in [0.25, 0.3) is 11.2 Å². The maximum absolute atomic E-state index is 5.99. The highest BCUT2D eigenvalue weighted by Gasteiger charge is 2.11. The van der Waals surface area contributed by atoms with Gasteiger partial charge in [0.25, 0.3) is 0 Å². The van der Waals surface area contributed by atoms with E-state index in [1.54, 1.807) is 13.2 Å². The molecule has 1 aromatic carbocycles. The molecule has 0 spiro atoms. The summed E-state index contributed by atoms with van der Waals surface area (Å²) in [7, 11) is 1.60. The average molecular weight is 268 g/mol. The molecule has 0 unspecified atom stereocenters. The summed E-state index contributed by atoms with van der Waals surface area (Å²) in [5.41, 5.74) is 9.90. The number of hydrogen-bond acceptors (Lipinski definition) is 4. The van der Waals surface area contributed by atoms with E-state index in [2.05, 4.69) is 41.2 Å². The van der Waals surface area contributed by atoms with Crippen LogP contribution in [0, 0.1) is 6.92 Å². The van der Waals surface area contributed by atoms with Crippen molar-refractivity contribution in [3.05, 3.63) is 47.5 Å². The van der Waals surface area contributed by atoms with E-state index in [0.29, 0.717) is 18.4 Å². The molecule has 2 aromatic heterocycles. The normalized spacial score (nSPS) is 10.9. The minimum atomic E-state index is 0.460. The van der Waals surface area contributed by atoms with Crippen molar-refractivity contribution in [2.75, 3.05) is 12.8 Å². The summed E-state index contributed by atoms with van der Waals surface area (Å²) >= 11 is 0. The third-order valence-corrected chi connectivity index (χ3v) is 3.27. The molecule has 0 saturated heterocycles. The largest absolute Gasteiger partial charge is 0.481 e. The Kier molecular flexibility index (Phi) is 3.02. The van der Waals surface area contributed by atoms with E-state index in [9.17, 15) is 0 Å². The maximum Gasteiger partial charge on any atom is 0.215 e. The topological polar surface area (TPSA) is 66.0 Å². The molecule has 3 rings (SSSR count). The number of ether oxygens (including phenoxy) is 1. The van der Waals surface area contributed by atoms with Crippen LogP contribution in [0.4, 0.5) is 5.95 Å². The predicted molar refractivity (Wildman–Crippen MR) is 78.8 cm³/mol. The summed E-state index contributed by atoms with van der Waals surface area (Å²) < 4.78 is 7.05. The first kappa shape index (κ1) is 12.5. The van der Waals surface area contributed by atoms with Gasteiger partial charge in [0.2, 0.25) is 11.8 Å². The first-order valence-electron chi connectivity index (χ1n) is 6.39. The van der Waals surface area contributed by atoms with Crippen LogP contribution in [-0.2, 0) is 6.54 Å². The minimum Gasteiger partial charge on any atom is -0.481 e. The number of nitrogens with two attached hydrogens (primary N) is 1. The Hall–Kier alpha value is -2.56. The lowest BCUT2D eigenvalue weighted by atomic mass is 10.1. The van der Waals surface area contributed by atoms with Crippen LogP contribution < -0.4 is 10.5 Å². The van der Waals surface area contributed by atoms with E-state index < -0.39 is 0 Å². The lowest BCUT2D eigenvalue weighted by Crippen LogP contribution is -2.05. The van der Waals surface area contributed by atoms with Crippen LogP contribution in [-0.4, -0.2) is 21.6 Å². The van der Waals surface area contributed by atoms with Gasteiger partial charge in [0, 0.05) is 6.07 Å². The predicted octanol–water partition coefficient (Wildman–Crippen LogP) is 2.38. The summed E-state index contributed by atoms with van der Waals surface area (Å²) in [6, 6.07) is 12.0. The molecule has 0 bridgehead atoms. The van der Waals surface area contributed by atoms with E-state index in [0.717, 1.165) is 16.7 Å². The molecular formula is C15H16N4O. The van der Waals surface area contributed by atoms with Crippen molar-refractivity contribution >= 4 is 17.1 Å². The Morgan fingerprint density at radius 3 is 2.55 bits per heavy atom. The van der Waals surface area contributed by atoms with Crippen LogP contribution in [0.15, 0.2) is 36.4 Å². The Balaban J connectivity index is 2.05. The number of fused-ring (bicyclic) bond motifs is 1. The number of nitrogens with zero attached hydrogens (tertiary/aromatic N) is 3. The Bertz CT molecular complexity index is 746. The molecule has 0 fully saturated rings. The number of pyridine rings is 1. The summed E-state index contributed by atoms with van der Waals surface area (Å²) in [5, 5.41) is 0. The summed E-state index contributed by atoms with van der Waals surface area (Å²) in [6.45, 7) is 2.71. The number of aryl methyl sites for hydroxylation is 1. The average Bonchev–Trinajstić information content (AvgIpc) is 2.77. The quantitative estimate of drug-likeness (QED) is 0.792. The second-order valence-electron chi connectivity index (χ2n) is 4.74. The van der Waals surface area contributed by atoms with Gasteiger partial charge in [-0.1, -0.05) is 29.8 Å². The number of methoxy groups -OCH3 is 1. The highest BCUT2D eigenvalue weighted by Crippen LogP contribution is 2.20. The lowest BCUT2D eigenvalue weighted by molar-refractivity contribution is 0.399. The fraction of sp³-hybridized carbons (Fsp3) is 0.200. The number of hydrogen-bond donors (Lipinski definition) is 1. The lowest BCUT2D eigenvalue weighted by Gasteiger charge is -2.07. The Morgan fingerprint density at radius 2 is 1.85 bits per heavy atom. The highest BCUT2D eigenvalue weighted by atomic mass is 16.5. The molecule has 0 aliphatic heterocycles. The number of nitrogen functional groups attached to an aromatic ring is 1. The molecular weight excluding hydrogens is 252 g/mol. The molecule has 0 radical (unpaired) electrons. The van der Waals surface area contributed by atoms with Gasteiger partial charge in [-0.25, -0.2) is 4.98 Å². The summed E-state index contributed by atoms with van der Waals surface area (Å²) in [4.78, 5) is 8.75. The van der Waals surface area contributed by atoms with E-state index in [-0.39, 0.29) is 0 Å². The van der Waals surface area contributed by atoms with Crippen LogP contribution in [0.3, 0.4) is 0 Å². The molecule has 102 valence electrons. The van der Waals surface area contributed by atoms with E-state index in [1.807, 2.05) is 10.6 Å². The van der Waals surface area contributed by atoms with Crippen molar-refractivity contribution in [2.24, 2.45) is 0 Å². The van der Waals surface area contributed by atoms with Gasteiger partial charge >= 0.3 is 0 Å². The fourth-order valence-electron chi connectivity index (χ4n) is 2.15. The molecule has 5 nitrogen and oxygen atoms in total. The first-order valence-corrected chi connectivity index (χ1v) is 6.39. The Morgan fingerprint density at radius 1 is 1.10 bits per heavy atom.